The summed E-state index contributed by atoms with van der Waals surface area (Å²) in [5.74, 6) is 3.24. The molecular formula is C30H37N7O2. The van der Waals surface area contributed by atoms with E-state index in [2.05, 4.69) is 38.6 Å². The van der Waals surface area contributed by atoms with Crippen molar-refractivity contribution in [2.75, 3.05) is 36.4 Å². The summed E-state index contributed by atoms with van der Waals surface area (Å²) >= 11 is 0. The number of benzene rings is 2. The highest BCUT2D eigenvalue weighted by molar-refractivity contribution is 5.88. The Bertz CT molecular complexity index is 1400. The van der Waals surface area contributed by atoms with Gasteiger partial charge in [-0.1, -0.05) is 18.2 Å². The number of aromatic nitrogens is 4. The van der Waals surface area contributed by atoms with Crippen molar-refractivity contribution in [3.63, 3.8) is 0 Å². The standard InChI is InChI=1S/C30H37N7O2/c1-5-35(6-2)29(38)22-11-10-18-36(19-22)30-34-26-27(31-20-32-28(26)37(30)21(3)4)33-23-14-16-25(17-15-23)39-24-12-8-7-9-13-24/h7-9,12-17,20-22H,5-6,10-11,18-19H2,1-4H3,(H,31,32,33). The van der Waals surface area contributed by atoms with Gasteiger partial charge in [0, 0.05) is 37.9 Å². The van der Waals surface area contributed by atoms with Gasteiger partial charge in [0.05, 0.1) is 5.92 Å². The molecule has 1 fully saturated rings. The molecule has 204 valence electrons. The maximum Gasteiger partial charge on any atom is 0.227 e. The summed E-state index contributed by atoms with van der Waals surface area (Å²) in [7, 11) is 0. The highest BCUT2D eigenvalue weighted by Crippen LogP contribution is 2.33. The maximum atomic E-state index is 13.1. The summed E-state index contributed by atoms with van der Waals surface area (Å²) < 4.78 is 8.08. The second-order valence-corrected chi connectivity index (χ2v) is 10.1. The average Bonchev–Trinajstić information content (AvgIpc) is 3.36. The highest BCUT2D eigenvalue weighted by atomic mass is 16.5. The number of fused-ring (bicyclic) bond motifs is 1. The van der Waals surface area contributed by atoms with Crippen LogP contribution in [0.2, 0.25) is 0 Å². The Morgan fingerprint density at radius 1 is 1.05 bits per heavy atom. The van der Waals surface area contributed by atoms with Crippen LogP contribution in [0.5, 0.6) is 11.5 Å². The maximum absolute atomic E-state index is 13.1. The summed E-state index contributed by atoms with van der Waals surface area (Å²) in [6.45, 7) is 11.3. The molecule has 1 atom stereocenters. The summed E-state index contributed by atoms with van der Waals surface area (Å²) in [5.41, 5.74) is 2.36. The van der Waals surface area contributed by atoms with E-state index in [0.29, 0.717) is 17.9 Å². The number of para-hydroxylation sites is 1. The number of imidazole rings is 1. The number of hydrogen-bond donors (Lipinski definition) is 1. The molecule has 1 aliphatic rings. The fourth-order valence-electron chi connectivity index (χ4n) is 5.21. The van der Waals surface area contributed by atoms with Crippen LogP contribution >= 0.6 is 0 Å². The first kappa shape index (κ1) is 26.5. The lowest BCUT2D eigenvalue weighted by atomic mass is 9.96. The Balaban J connectivity index is 1.40. The number of carbonyl (C=O) groups is 1. The summed E-state index contributed by atoms with van der Waals surface area (Å²) in [5, 5.41) is 3.42. The zero-order valence-corrected chi connectivity index (χ0v) is 23.2. The smallest absolute Gasteiger partial charge is 0.227 e. The minimum absolute atomic E-state index is 0.0284. The van der Waals surface area contributed by atoms with Crippen molar-refractivity contribution >= 4 is 34.5 Å². The molecule has 0 radical (unpaired) electrons. The van der Waals surface area contributed by atoms with E-state index < -0.39 is 0 Å². The third kappa shape index (κ3) is 5.67. The zero-order valence-electron chi connectivity index (χ0n) is 23.2. The van der Waals surface area contributed by atoms with Crippen molar-refractivity contribution < 1.29 is 9.53 Å². The number of hydrogen-bond acceptors (Lipinski definition) is 7. The minimum Gasteiger partial charge on any atom is -0.457 e. The van der Waals surface area contributed by atoms with Crippen LogP contribution in [-0.4, -0.2) is 56.5 Å². The number of anilines is 3. The predicted molar refractivity (Wildman–Crippen MR) is 155 cm³/mol. The van der Waals surface area contributed by atoms with Crippen molar-refractivity contribution in [1.82, 2.24) is 24.4 Å². The van der Waals surface area contributed by atoms with E-state index in [4.69, 9.17) is 9.72 Å². The lowest BCUT2D eigenvalue weighted by molar-refractivity contribution is -0.135. The van der Waals surface area contributed by atoms with Gasteiger partial charge in [-0.3, -0.25) is 9.36 Å². The van der Waals surface area contributed by atoms with E-state index in [1.807, 2.05) is 73.3 Å². The second kappa shape index (κ2) is 11.7. The van der Waals surface area contributed by atoms with Gasteiger partial charge in [-0.15, -0.1) is 0 Å². The first-order chi connectivity index (χ1) is 19.0. The minimum atomic E-state index is -0.0284. The second-order valence-electron chi connectivity index (χ2n) is 10.1. The van der Waals surface area contributed by atoms with Gasteiger partial charge in [-0.2, -0.15) is 0 Å². The Morgan fingerprint density at radius 3 is 2.46 bits per heavy atom. The molecule has 0 bridgehead atoms. The topological polar surface area (TPSA) is 88.4 Å². The Kier molecular flexibility index (Phi) is 7.95. The molecule has 1 amide bonds. The van der Waals surface area contributed by atoms with Crippen LogP contribution in [0.15, 0.2) is 60.9 Å². The number of nitrogens with one attached hydrogen (secondary N) is 1. The van der Waals surface area contributed by atoms with Crippen LogP contribution in [-0.2, 0) is 4.79 Å². The van der Waals surface area contributed by atoms with E-state index in [0.717, 1.165) is 61.3 Å². The number of amides is 1. The van der Waals surface area contributed by atoms with Gasteiger partial charge >= 0.3 is 0 Å². The molecule has 4 aromatic rings. The molecule has 1 unspecified atom stereocenters. The van der Waals surface area contributed by atoms with Crippen LogP contribution in [0.1, 0.15) is 46.6 Å². The fourth-order valence-corrected chi connectivity index (χ4v) is 5.21. The zero-order chi connectivity index (χ0) is 27.4. The molecule has 5 rings (SSSR count). The van der Waals surface area contributed by atoms with Crippen LogP contribution in [0, 0.1) is 5.92 Å². The molecule has 0 spiro atoms. The van der Waals surface area contributed by atoms with E-state index in [-0.39, 0.29) is 17.9 Å². The van der Waals surface area contributed by atoms with Gasteiger partial charge in [0.1, 0.15) is 17.8 Å². The Labute approximate surface area is 229 Å². The molecule has 2 aromatic carbocycles. The third-order valence-corrected chi connectivity index (χ3v) is 7.20. The monoisotopic (exact) mass is 527 g/mol. The molecule has 1 saturated heterocycles. The summed E-state index contributed by atoms with van der Waals surface area (Å²) in [6, 6.07) is 17.6. The number of nitrogens with zero attached hydrogens (tertiary/aromatic N) is 6. The lowest BCUT2D eigenvalue weighted by Gasteiger charge is -2.35. The van der Waals surface area contributed by atoms with Gasteiger partial charge < -0.3 is 19.9 Å². The van der Waals surface area contributed by atoms with Crippen molar-refractivity contribution in [1.29, 1.82) is 0 Å². The summed E-state index contributed by atoms with van der Waals surface area (Å²) in [6.07, 6.45) is 3.43. The third-order valence-electron chi connectivity index (χ3n) is 7.20. The van der Waals surface area contributed by atoms with Crippen molar-refractivity contribution in [2.24, 2.45) is 5.92 Å². The van der Waals surface area contributed by atoms with Gasteiger partial charge in [-0.05, 0) is 76.9 Å². The number of rotatable bonds is 9. The molecular weight excluding hydrogens is 490 g/mol. The van der Waals surface area contributed by atoms with E-state index in [1.165, 1.54) is 0 Å². The molecule has 1 aliphatic heterocycles. The molecule has 3 heterocycles. The van der Waals surface area contributed by atoms with E-state index >= 15 is 0 Å². The number of piperidine rings is 1. The molecule has 9 heteroatoms. The van der Waals surface area contributed by atoms with Crippen LogP contribution in [0.25, 0.3) is 11.2 Å². The average molecular weight is 528 g/mol. The predicted octanol–water partition coefficient (Wildman–Crippen LogP) is 6.03. The van der Waals surface area contributed by atoms with Crippen molar-refractivity contribution in [3.05, 3.63) is 60.9 Å². The number of carbonyl (C=O) groups excluding carboxylic acids is 1. The van der Waals surface area contributed by atoms with Crippen molar-refractivity contribution in [2.45, 2.75) is 46.6 Å². The Morgan fingerprint density at radius 2 is 1.77 bits per heavy atom. The molecule has 39 heavy (non-hydrogen) atoms. The Hall–Kier alpha value is -4.14. The summed E-state index contributed by atoms with van der Waals surface area (Å²) in [4.78, 5) is 31.5. The lowest BCUT2D eigenvalue weighted by Crippen LogP contribution is -2.45. The van der Waals surface area contributed by atoms with Crippen LogP contribution < -0.4 is 15.0 Å². The first-order valence-electron chi connectivity index (χ1n) is 13.8. The van der Waals surface area contributed by atoms with Gasteiger partial charge in [0.2, 0.25) is 11.9 Å². The van der Waals surface area contributed by atoms with Gasteiger partial charge in [-0.25, -0.2) is 15.0 Å². The van der Waals surface area contributed by atoms with Gasteiger partial charge in [0.25, 0.3) is 0 Å². The van der Waals surface area contributed by atoms with Crippen LogP contribution in [0.4, 0.5) is 17.5 Å². The van der Waals surface area contributed by atoms with Gasteiger partial charge in [0.15, 0.2) is 17.0 Å². The quantitative estimate of drug-likeness (QED) is 0.284. The fraction of sp³-hybridized carbons (Fsp3) is 0.400. The molecule has 0 saturated carbocycles. The largest absolute Gasteiger partial charge is 0.457 e. The SMILES string of the molecule is CCN(CC)C(=O)C1CCCN(c2nc3c(Nc4ccc(Oc5ccccc5)cc4)ncnc3n2C(C)C)C1. The van der Waals surface area contributed by atoms with E-state index in [9.17, 15) is 4.79 Å². The molecule has 1 N–H and O–H groups in total. The first-order valence-corrected chi connectivity index (χ1v) is 13.8. The highest BCUT2D eigenvalue weighted by Gasteiger charge is 2.31. The molecule has 0 aliphatic carbocycles. The van der Waals surface area contributed by atoms with E-state index in [1.54, 1.807) is 6.33 Å². The number of ether oxygens (including phenoxy) is 1. The molecule has 2 aromatic heterocycles. The molecule has 9 nitrogen and oxygen atoms in total. The van der Waals surface area contributed by atoms with Crippen LogP contribution in [0.3, 0.4) is 0 Å². The van der Waals surface area contributed by atoms with Crippen molar-refractivity contribution in [3.8, 4) is 11.5 Å². The normalized spacial score (nSPS) is 15.5.